The van der Waals surface area contributed by atoms with Gasteiger partial charge in [-0.1, -0.05) is 6.92 Å². The van der Waals surface area contributed by atoms with Gasteiger partial charge >= 0.3 is 6.09 Å². The number of nitrogens with zero attached hydrogens (tertiary/aromatic N) is 1. The Balaban J connectivity index is 2.47. The second kappa shape index (κ2) is 9.25. The Morgan fingerprint density at radius 3 is 2.67 bits per heavy atom. The lowest BCUT2D eigenvalue weighted by Gasteiger charge is -2.19. The highest BCUT2D eigenvalue weighted by Gasteiger charge is 2.16. The molecule has 0 aromatic carbocycles. The first-order valence-electron chi connectivity index (χ1n) is 8.44. The number of ether oxygens (including phenoxy) is 1. The largest absolute Gasteiger partial charge is 0.444 e. The van der Waals surface area contributed by atoms with Crippen LogP contribution in [0.3, 0.4) is 0 Å². The van der Waals surface area contributed by atoms with E-state index in [0.717, 1.165) is 6.42 Å². The molecular weight excluding hydrogens is 306 g/mol. The molecule has 0 aliphatic rings. The van der Waals surface area contributed by atoms with Crippen LogP contribution in [0.4, 0.5) is 10.6 Å². The van der Waals surface area contributed by atoms with Gasteiger partial charge in [0.2, 0.25) is 0 Å². The Hall–Kier alpha value is -2.11. The lowest BCUT2D eigenvalue weighted by Crippen LogP contribution is -2.33. The summed E-state index contributed by atoms with van der Waals surface area (Å²) >= 11 is 0. The van der Waals surface area contributed by atoms with E-state index in [4.69, 9.17) is 4.74 Å². The van der Waals surface area contributed by atoms with Gasteiger partial charge in [0.25, 0.3) is 0 Å². The molecule has 1 unspecified atom stereocenters. The van der Waals surface area contributed by atoms with E-state index >= 15 is 0 Å². The summed E-state index contributed by atoms with van der Waals surface area (Å²) in [5.41, 5.74) is 0.0710. The molecule has 0 radical (unpaired) electrons. The van der Waals surface area contributed by atoms with Gasteiger partial charge < -0.3 is 15.4 Å². The van der Waals surface area contributed by atoms with Crippen molar-refractivity contribution in [2.45, 2.75) is 65.5 Å². The van der Waals surface area contributed by atoms with E-state index in [-0.39, 0.29) is 11.8 Å². The van der Waals surface area contributed by atoms with Gasteiger partial charge in [-0.3, -0.25) is 4.79 Å². The number of amides is 1. The number of nitrogens with one attached hydrogen (secondary N) is 2. The topological polar surface area (TPSA) is 80.3 Å². The zero-order valence-electron chi connectivity index (χ0n) is 15.3. The van der Waals surface area contributed by atoms with Crippen molar-refractivity contribution in [1.82, 2.24) is 10.3 Å². The average molecular weight is 335 g/mol. The first-order chi connectivity index (χ1) is 11.2. The van der Waals surface area contributed by atoms with E-state index in [2.05, 4.69) is 22.5 Å². The van der Waals surface area contributed by atoms with Gasteiger partial charge in [-0.05, 0) is 52.7 Å². The van der Waals surface area contributed by atoms with Crippen molar-refractivity contribution in [2.24, 2.45) is 0 Å². The molecule has 6 heteroatoms. The smallest absolute Gasteiger partial charge is 0.407 e. The molecule has 0 aliphatic carbocycles. The summed E-state index contributed by atoms with van der Waals surface area (Å²) in [4.78, 5) is 28.2. The van der Waals surface area contributed by atoms with Gasteiger partial charge in [-0.15, -0.1) is 0 Å². The molecule has 2 N–H and O–H groups in total. The fourth-order valence-electron chi connectivity index (χ4n) is 1.97. The summed E-state index contributed by atoms with van der Waals surface area (Å²) in [5, 5.41) is 5.91. The van der Waals surface area contributed by atoms with E-state index in [9.17, 15) is 9.59 Å². The molecule has 0 spiro atoms. The Kier molecular flexibility index (Phi) is 7.68. The Bertz CT molecular complexity index is 553. The fourth-order valence-corrected chi connectivity index (χ4v) is 1.97. The molecular formula is C18H29N3O3. The van der Waals surface area contributed by atoms with Crippen molar-refractivity contribution >= 4 is 17.7 Å². The molecule has 0 fully saturated rings. The summed E-state index contributed by atoms with van der Waals surface area (Å²) in [5.74, 6) is 0.636. The third-order valence-corrected chi connectivity index (χ3v) is 3.35. The minimum atomic E-state index is -0.522. The lowest BCUT2D eigenvalue weighted by molar-refractivity contribution is 0.0525. The van der Waals surface area contributed by atoms with Crippen LogP contribution < -0.4 is 10.6 Å². The van der Waals surface area contributed by atoms with Crippen LogP contribution in [0.1, 0.15) is 64.2 Å². The number of ketones is 1. The predicted octanol–water partition coefficient (Wildman–Crippen LogP) is 3.78. The Labute approximate surface area is 144 Å². The molecule has 0 saturated heterocycles. The molecule has 1 aromatic heterocycles. The molecule has 0 aliphatic heterocycles. The van der Waals surface area contributed by atoms with E-state index in [0.29, 0.717) is 30.8 Å². The molecule has 1 rings (SSSR count). The zero-order valence-corrected chi connectivity index (χ0v) is 15.3. The van der Waals surface area contributed by atoms with Crippen molar-refractivity contribution in [3.63, 3.8) is 0 Å². The summed E-state index contributed by atoms with van der Waals surface area (Å²) in [6.45, 7) is 9.95. The van der Waals surface area contributed by atoms with Gasteiger partial charge in [-0.25, -0.2) is 9.78 Å². The maximum absolute atomic E-state index is 12.4. The second-order valence-electron chi connectivity index (χ2n) is 6.81. The van der Waals surface area contributed by atoms with Crippen LogP contribution in [0.2, 0.25) is 0 Å². The molecule has 0 saturated carbocycles. The SMILES string of the molecule is CCC(C)Nc1ncccc1C(=O)CCCNC(=O)OC(C)(C)C. The highest BCUT2D eigenvalue weighted by molar-refractivity contribution is 6.00. The first kappa shape index (κ1) is 19.9. The highest BCUT2D eigenvalue weighted by atomic mass is 16.6. The number of hydrogen-bond donors (Lipinski definition) is 2. The molecule has 0 bridgehead atoms. The van der Waals surface area contributed by atoms with Crippen LogP contribution in [0.5, 0.6) is 0 Å². The van der Waals surface area contributed by atoms with Gasteiger partial charge in [0.1, 0.15) is 11.4 Å². The number of rotatable bonds is 8. The summed E-state index contributed by atoms with van der Waals surface area (Å²) < 4.78 is 5.15. The maximum atomic E-state index is 12.4. The van der Waals surface area contributed by atoms with Crippen LogP contribution >= 0.6 is 0 Å². The number of carbonyl (C=O) groups is 2. The van der Waals surface area contributed by atoms with E-state index in [1.54, 1.807) is 18.3 Å². The molecule has 1 heterocycles. The van der Waals surface area contributed by atoms with E-state index in [1.807, 2.05) is 27.7 Å². The second-order valence-corrected chi connectivity index (χ2v) is 6.81. The number of pyridine rings is 1. The molecule has 1 atom stereocenters. The molecule has 1 aromatic rings. The third-order valence-electron chi connectivity index (χ3n) is 3.35. The standard InChI is InChI=1S/C18H29N3O3/c1-6-13(2)21-16-14(9-7-11-19-16)15(22)10-8-12-20-17(23)24-18(3,4)5/h7,9,11,13H,6,8,10,12H2,1-5H3,(H,19,21)(H,20,23). The number of Topliss-reactive ketones (excluding diaryl/α,β-unsaturated/α-hetero) is 1. The van der Waals surface area contributed by atoms with Crippen molar-refractivity contribution in [3.8, 4) is 0 Å². The summed E-state index contributed by atoms with van der Waals surface area (Å²) in [6.07, 6.45) is 3.05. The molecule has 6 nitrogen and oxygen atoms in total. The quantitative estimate of drug-likeness (QED) is 0.558. The number of anilines is 1. The highest BCUT2D eigenvalue weighted by Crippen LogP contribution is 2.16. The zero-order chi connectivity index (χ0) is 18.2. The summed E-state index contributed by atoms with van der Waals surface area (Å²) in [6, 6.07) is 3.79. The monoisotopic (exact) mass is 335 g/mol. The number of alkyl carbamates (subject to hydrolysis) is 1. The third kappa shape index (κ3) is 7.44. The maximum Gasteiger partial charge on any atom is 0.407 e. The minimum Gasteiger partial charge on any atom is -0.444 e. The van der Waals surface area contributed by atoms with Crippen molar-refractivity contribution < 1.29 is 14.3 Å². The van der Waals surface area contributed by atoms with E-state index < -0.39 is 11.7 Å². The normalized spacial score (nSPS) is 12.4. The summed E-state index contributed by atoms with van der Waals surface area (Å²) in [7, 11) is 0. The van der Waals surface area contributed by atoms with Crippen LogP contribution in [0, 0.1) is 0 Å². The van der Waals surface area contributed by atoms with Crippen molar-refractivity contribution in [3.05, 3.63) is 23.9 Å². The predicted molar refractivity (Wildman–Crippen MR) is 95.4 cm³/mol. The Morgan fingerprint density at radius 2 is 2.04 bits per heavy atom. The Morgan fingerprint density at radius 1 is 1.33 bits per heavy atom. The molecule has 24 heavy (non-hydrogen) atoms. The van der Waals surface area contributed by atoms with Crippen LogP contribution in [-0.2, 0) is 4.74 Å². The lowest BCUT2D eigenvalue weighted by atomic mass is 10.1. The fraction of sp³-hybridized carbons (Fsp3) is 0.611. The van der Waals surface area contributed by atoms with Gasteiger partial charge in [0.05, 0.1) is 5.56 Å². The molecule has 1 amide bonds. The van der Waals surface area contributed by atoms with Gasteiger partial charge in [0, 0.05) is 25.2 Å². The van der Waals surface area contributed by atoms with Gasteiger partial charge in [-0.2, -0.15) is 0 Å². The molecule has 134 valence electrons. The van der Waals surface area contributed by atoms with Gasteiger partial charge in [0.15, 0.2) is 5.78 Å². The van der Waals surface area contributed by atoms with Crippen molar-refractivity contribution in [1.29, 1.82) is 0 Å². The van der Waals surface area contributed by atoms with E-state index in [1.165, 1.54) is 0 Å². The first-order valence-corrected chi connectivity index (χ1v) is 8.44. The number of carbonyl (C=O) groups excluding carboxylic acids is 2. The average Bonchev–Trinajstić information content (AvgIpc) is 2.50. The van der Waals surface area contributed by atoms with Crippen LogP contribution in [-0.4, -0.2) is 35.0 Å². The number of aromatic nitrogens is 1. The van der Waals surface area contributed by atoms with Crippen LogP contribution in [0.25, 0.3) is 0 Å². The van der Waals surface area contributed by atoms with Crippen molar-refractivity contribution in [2.75, 3.05) is 11.9 Å². The minimum absolute atomic E-state index is 0.0138. The van der Waals surface area contributed by atoms with Crippen LogP contribution in [0.15, 0.2) is 18.3 Å². The number of hydrogen-bond acceptors (Lipinski definition) is 5.